The largest absolute Gasteiger partial charge is 0.359 e. The van der Waals surface area contributed by atoms with Crippen LogP contribution in [0.1, 0.15) is 56.5 Å². The van der Waals surface area contributed by atoms with Gasteiger partial charge in [-0.2, -0.15) is 0 Å². The molecule has 270 valence electrons. The molecule has 52 heavy (non-hydrogen) atoms. The van der Waals surface area contributed by atoms with Crippen LogP contribution >= 0.6 is 0 Å². The molecule has 2 aliphatic carbocycles. The standard InChI is InChI=1S/C40H44N6O6/c1-41-35(47)29-19-45(20-30(29)36(48)42-2)39(51)25-13-15-26(16-14-25)40(52)46-21-31(37(49)43-33-17-27(33)23-9-5-3-6-10-23)32(22-46)38(50)44-34-18-28(34)24-11-7-4-8-12-24/h3-16,27-34H,17-22H2,1-2H3,(H,41,47)(H,42,48)(H,43,49)(H,44,50)/t27-,28-,29-,30-,31-,32-,33+,34+/m1/s1. The lowest BCUT2D eigenvalue weighted by Gasteiger charge is -2.18. The Labute approximate surface area is 302 Å². The maximum atomic E-state index is 13.8. The van der Waals surface area contributed by atoms with E-state index in [1.165, 1.54) is 19.0 Å². The smallest absolute Gasteiger partial charge is 0.253 e. The number of likely N-dealkylation sites (tertiary alicyclic amines) is 2. The minimum absolute atomic E-state index is 0.0202. The van der Waals surface area contributed by atoms with Gasteiger partial charge in [-0.05, 0) is 48.2 Å². The molecule has 12 heteroatoms. The van der Waals surface area contributed by atoms with Gasteiger partial charge in [0.05, 0.1) is 23.7 Å². The van der Waals surface area contributed by atoms with E-state index in [1.54, 1.807) is 29.2 Å². The quantitative estimate of drug-likeness (QED) is 0.253. The number of hydrogen-bond acceptors (Lipinski definition) is 6. The third-order valence-corrected chi connectivity index (χ3v) is 11.1. The molecule has 0 spiro atoms. The Kier molecular flexibility index (Phi) is 9.81. The molecule has 3 aromatic carbocycles. The van der Waals surface area contributed by atoms with Crippen LogP contribution in [0, 0.1) is 23.7 Å². The number of rotatable bonds is 10. The van der Waals surface area contributed by atoms with Gasteiger partial charge >= 0.3 is 0 Å². The van der Waals surface area contributed by atoms with Crippen molar-refractivity contribution in [3.63, 3.8) is 0 Å². The minimum atomic E-state index is -0.715. The molecule has 0 radical (unpaired) electrons. The van der Waals surface area contributed by atoms with E-state index in [-0.39, 0.29) is 85.5 Å². The van der Waals surface area contributed by atoms with Gasteiger partial charge < -0.3 is 31.1 Å². The SMILES string of the molecule is CNC(=O)[C@@H]1CN(C(=O)c2ccc(C(=O)N3C[C@@H](C(=O)N[C@H]4C[C@@H]4c4ccccc4)[C@H](C(=O)N[C@H]4C[C@@H]4c4ccccc4)C3)cc2)C[C@H]1C(=O)NC. The highest BCUT2D eigenvalue weighted by Crippen LogP contribution is 2.42. The van der Waals surface area contributed by atoms with Crippen LogP contribution in [-0.2, 0) is 19.2 Å². The van der Waals surface area contributed by atoms with E-state index in [4.69, 9.17) is 0 Å². The van der Waals surface area contributed by atoms with E-state index in [1.807, 2.05) is 36.4 Å². The van der Waals surface area contributed by atoms with Gasteiger partial charge in [0.25, 0.3) is 11.8 Å². The molecule has 2 saturated heterocycles. The fourth-order valence-corrected chi connectivity index (χ4v) is 7.92. The first-order chi connectivity index (χ1) is 25.2. The molecule has 0 aromatic heterocycles. The minimum Gasteiger partial charge on any atom is -0.359 e. The summed E-state index contributed by atoms with van der Waals surface area (Å²) in [6, 6.07) is 26.2. The number of carbonyl (C=O) groups is 6. The van der Waals surface area contributed by atoms with Crippen LogP contribution in [0.25, 0.3) is 0 Å². The highest BCUT2D eigenvalue weighted by atomic mass is 16.2. The fourth-order valence-electron chi connectivity index (χ4n) is 7.92. The second kappa shape index (κ2) is 14.6. The monoisotopic (exact) mass is 704 g/mol. The van der Waals surface area contributed by atoms with Crippen LogP contribution in [0.5, 0.6) is 0 Å². The van der Waals surface area contributed by atoms with Gasteiger partial charge in [0.2, 0.25) is 23.6 Å². The third kappa shape index (κ3) is 7.15. The summed E-state index contributed by atoms with van der Waals surface area (Å²) in [4.78, 5) is 82.8. The predicted molar refractivity (Wildman–Crippen MR) is 192 cm³/mol. The molecule has 0 unspecified atom stereocenters. The molecule has 2 heterocycles. The molecule has 6 amide bonds. The number of carbonyl (C=O) groups excluding carboxylic acids is 6. The average Bonchev–Trinajstić information content (AvgIpc) is 4.02. The summed E-state index contributed by atoms with van der Waals surface area (Å²) in [5, 5.41) is 11.5. The molecule has 4 N–H and O–H groups in total. The van der Waals surface area contributed by atoms with E-state index in [2.05, 4.69) is 45.5 Å². The summed E-state index contributed by atoms with van der Waals surface area (Å²) in [5.41, 5.74) is 2.96. The van der Waals surface area contributed by atoms with E-state index >= 15 is 0 Å². The summed E-state index contributed by atoms with van der Waals surface area (Å²) < 4.78 is 0. The van der Waals surface area contributed by atoms with Crippen LogP contribution in [0.2, 0.25) is 0 Å². The van der Waals surface area contributed by atoms with Crippen molar-refractivity contribution in [2.75, 3.05) is 40.3 Å². The van der Waals surface area contributed by atoms with Crippen molar-refractivity contribution in [2.45, 2.75) is 36.8 Å². The molecule has 4 aliphatic rings. The zero-order chi connectivity index (χ0) is 36.5. The number of nitrogens with one attached hydrogen (secondary N) is 4. The van der Waals surface area contributed by atoms with Crippen molar-refractivity contribution in [1.29, 1.82) is 0 Å². The number of amides is 6. The Bertz CT molecular complexity index is 1750. The molecular formula is C40H44N6O6. The molecule has 2 saturated carbocycles. The first-order valence-electron chi connectivity index (χ1n) is 18.0. The zero-order valence-electron chi connectivity index (χ0n) is 29.3. The predicted octanol–water partition coefficient (Wildman–Crippen LogP) is 1.90. The first kappa shape index (κ1) is 34.9. The lowest BCUT2D eigenvalue weighted by molar-refractivity contribution is -0.133. The van der Waals surface area contributed by atoms with E-state index in [0.717, 1.165) is 24.0 Å². The zero-order valence-corrected chi connectivity index (χ0v) is 29.3. The lowest BCUT2D eigenvalue weighted by atomic mass is 9.94. The van der Waals surface area contributed by atoms with Gasteiger partial charge in [-0.1, -0.05) is 60.7 Å². The molecular weight excluding hydrogens is 660 g/mol. The molecule has 12 nitrogen and oxygen atoms in total. The van der Waals surface area contributed by atoms with Crippen LogP contribution in [0.3, 0.4) is 0 Å². The van der Waals surface area contributed by atoms with Gasteiger partial charge in [-0.25, -0.2) is 0 Å². The van der Waals surface area contributed by atoms with E-state index < -0.39 is 23.7 Å². The first-order valence-corrected chi connectivity index (χ1v) is 18.0. The van der Waals surface area contributed by atoms with Gasteiger partial charge in [-0.15, -0.1) is 0 Å². The molecule has 2 aliphatic heterocycles. The van der Waals surface area contributed by atoms with Crippen molar-refractivity contribution < 1.29 is 28.8 Å². The Hall–Kier alpha value is -5.52. The Morgan fingerprint density at radius 2 is 0.808 bits per heavy atom. The van der Waals surface area contributed by atoms with E-state index in [9.17, 15) is 28.8 Å². The lowest BCUT2D eigenvalue weighted by Crippen LogP contribution is -2.43. The maximum Gasteiger partial charge on any atom is 0.253 e. The highest BCUT2D eigenvalue weighted by molar-refractivity contribution is 6.00. The van der Waals surface area contributed by atoms with Crippen LogP contribution in [0.15, 0.2) is 84.9 Å². The summed E-state index contributed by atoms with van der Waals surface area (Å²) in [6.07, 6.45) is 1.65. The van der Waals surface area contributed by atoms with Crippen molar-refractivity contribution in [2.24, 2.45) is 23.7 Å². The number of hydrogen-bond donors (Lipinski definition) is 4. The second-order valence-electron chi connectivity index (χ2n) is 14.4. The molecule has 4 fully saturated rings. The molecule has 0 bridgehead atoms. The molecule has 3 aromatic rings. The van der Waals surface area contributed by atoms with Gasteiger partial charge in [0, 0.05) is 75.3 Å². The summed E-state index contributed by atoms with van der Waals surface area (Å²) in [5.74, 6) is -4.10. The number of nitrogens with zero attached hydrogens (tertiary/aromatic N) is 2. The Morgan fingerprint density at radius 3 is 1.13 bits per heavy atom. The fraction of sp³-hybridized carbons (Fsp3) is 0.400. The van der Waals surface area contributed by atoms with Gasteiger partial charge in [0.1, 0.15) is 0 Å². The summed E-state index contributed by atoms with van der Waals surface area (Å²) in [7, 11) is 2.99. The highest BCUT2D eigenvalue weighted by Gasteiger charge is 2.49. The van der Waals surface area contributed by atoms with Crippen molar-refractivity contribution in [1.82, 2.24) is 31.1 Å². The topological polar surface area (TPSA) is 157 Å². The van der Waals surface area contributed by atoms with Crippen molar-refractivity contribution in [3.05, 3.63) is 107 Å². The summed E-state index contributed by atoms with van der Waals surface area (Å²) in [6.45, 7) is 0.374. The Balaban J connectivity index is 1.03. The number of benzene rings is 3. The molecule has 7 rings (SSSR count). The third-order valence-electron chi connectivity index (χ3n) is 11.1. The maximum absolute atomic E-state index is 13.8. The Morgan fingerprint density at radius 1 is 0.481 bits per heavy atom. The average molecular weight is 705 g/mol. The van der Waals surface area contributed by atoms with E-state index in [0.29, 0.717) is 11.1 Å². The van der Waals surface area contributed by atoms with Crippen LogP contribution < -0.4 is 21.3 Å². The van der Waals surface area contributed by atoms with Crippen molar-refractivity contribution >= 4 is 35.4 Å². The van der Waals surface area contributed by atoms with Crippen molar-refractivity contribution in [3.8, 4) is 0 Å². The second-order valence-corrected chi connectivity index (χ2v) is 14.4. The summed E-state index contributed by atoms with van der Waals surface area (Å²) >= 11 is 0. The van der Waals surface area contributed by atoms with Crippen LogP contribution in [0.4, 0.5) is 0 Å². The normalized spacial score (nSPS) is 27.3. The van der Waals surface area contributed by atoms with Gasteiger partial charge in [-0.3, -0.25) is 28.8 Å². The van der Waals surface area contributed by atoms with Crippen LogP contribution in [-0.4, -0.2) is 97.6 Å². The van der Waals surface area contributed by atoms with Gasteiger partial charge in [0.15, 0.2) is 0 Å². The molecule has 8 atom stereocenters.